The molecule has 0 saturated carbocycles. The zero-order valence-corrected chi connectivity index (χ0v) is 13.7. The maximum Gasteiger partial charge on any atom is 0.0791 e. The first-order valence-electron chi connectivity index (χ1n) is 8.30. The van der Waals surface area contributed by atoms with Crippen molar-refractivity contribution in [2.45, 2.75) is 52.2 Å². The Morgan fingerprint density at radius 1 is 1.24 bits per heavy atom. The summed E-state index contributed by atoms with van der Waals surface area (Å²) in [6.45, 7) is 8.84. The van der Waals surface area contributed by atoms with E-state index in [1.807, 2.05) is 11.7 Å². The molecule has 1 fully saturated rings. The molecule has 1 aliphatic heterocycles. The number of hydrogen-bond acceptors (Lipinski definition) is 4. The van der Waals surface area contributed by atoms with Crippen molar-refractivity contribution < 1.29 is 5.11 Å². The number of hydrogen-bond donors (Lipinski definition) is 2. The number of nitrogens with one attached hydrogen (secondary N) is 1. The summed E-state index contributed by atoms with van der Waals surface area (Å²) >= 11 is 0. The lowest BCUT2D eigenvalue weighted by atomic mass is 10.1. The van der Waals surface area contributed by atoms with E-state index in [1.165, 1.54) is 29.8 Å². The number of β-amino-alcohol motifs (C(OH)–C–C–N with tert-alkyl or cyclic N) is 1. The van der Waals surface area contributed by atoms with Crippen LogP contribution in [0.5, 0.6) is 0 Å². The molecule has 1 atom stereocenters. The van der Waals surface area contributed by atoms with Gasteiger partial charge in [0.05, 0.1) is 11.8 Å². The highest BCUT2D eigenvalue weighted by Crippen LogP contribution is 2.15. The van der Waals surface area contributed by atoms with Gasteiger partial charge in [-0.2, -0.15) is 5.10 Å². The van der Waals surface area contributed by atoms with Gasteiger partial charge in [0.25, 0.3) is 0 Å². The Morgan fingerprint density at radius 2 is 1.95 bits per heavy atom. The summed E-state index contributed by atoms with van der Waals surface area (Å²) in [7, 11) is 2.02. The summed E-state index contributed by atoms with van der Waals surface area (Å²) in [5, 5.41) is 18.1. The molecule has 0 spiro atoms. The van der Waals surface area contributed by atoms with E-state index in [-0.39, 0.29) is 6.10 Å². The van der Waals surface area contributed by atoms with Crippen molar-refractivity contribution in [3.8, 4) is 0 Å². The van der Waals surface area contributed by atoms with Crippen molar-refractivity contribution in [3.05, 3.63) is 17.0 Å². The van der Waals surface area contributed by atoms with Crippen LogP contribution in [0.15, 0.2) is 0 Å². The number of aliphatic hydroxyl groups is 1. The normalized spacial score (nSPS) is 17.5. The molecule has 0 aliphatic carbocycles. The van der Waals surface area contributed by atoms with Gasteiger partial charge < -0.3 is 15.3 Å². The molecule has 1 unspecified atom stereocenters. The molecule has 0 bridgehead atoms. The molecule has 1 aliphatic rings. The van der Waals surface area contributed by atoms with Gasteiger partial charge in [-0.15, -0.1) is 0 Å². The molecular weight excluding hydrogens is 264 g/mol. The highest BCUT2D eigenvalue weighted by Gasteiger charge is 2.17. The maximum absolute atomic E-state index is 10.1. The van der Waals surface area contributed by atoms with Gasteiger partial charge in [0.1, 0.15) is 0 Å². The van der Waals surface area contributed by atoms with Crippen molar-refractivity contribution in [3.63, 3.8) is 0 Å². The van der Waals surface area contributed by atoms with Crippen molar-refractivity contribution in [2.24, 2.45) is 7.05 Å². The average Bonchev–Trinajstić information content (AvgIpc) is 3.06. The van der Waals surface area contributed by atoms with Crippen LogP contribution in [-0.4, -0.2) is 52.1 Å². The fraction of sp³-hybridized carbons (Fsp3) is 0.812. The Labute approximate surface area is 128 Å². The predicted molar refractivity (Wildman–Crippen MR) is 85.4 cm³/mol. The van der Waals surface area contributed by atoms with E-state index < -0.39 is 0 Å². The first-order valence-corrected chi connectivity index (χ1v) is 8.30. The summed E-state index contributed by atoms with van der Waals surface area (Å²) in [6.07, 6.45) is 4.22. The fourth-order valence-corrected chi connectivity index (χ4v) is 3.29. The first kappa shape index (κ1) is 16.5. The summed E-state index contributed by atoms with van der Waals surface area (Å²) in [5.74, 6) is 0. The molecule has 2 N–H and O–H groups in total. The molecule has 2 heterocycles. The lowest BCUT2D eigenvalue weighted by Gasteiger charge is -2.19. The van der Waals surface area contributed by atoms with Gasteiger partial charge in [0.15, 0.2) is 0 Å². The smallest absolute Gasteiger partial charge is 0.0791 e. The molecule has 21 heavy (non-hydrogen) atoms. The number of aryl methyl sites for hydroxylation is 2. The van der Waals surface area contributed by atoms with Gasteiger partial charge in [0, 0.05) is 37.9 Å². The van der Waals surface area contributed by atoms with Crippen molar-refractivity contribution in [1.29, 1.82) is 0 Å². The van der Waals surface area contributed by atoms with Gasteiger partial charge in [0.2, 0.25) is 0 Å². The van der Waals surface area contributed by atoms with E-state index in [2.05, 4.69) is 29.2 Å². The molecule has 1 saturated heterocycles. The Hall–Kier alpha value is -0.910. The van der Waals surface area contributed by atoms with Crippen LogP contribution in [0.2, 0.25) is 0 Å². The van der Waals surface area contributed by atoms with Crippen LogP contribution in [0.4, 0.5) is 0 Å². The van der Waals surface area contributed by atoms with Crippen LogP contribution in [0.25, 0.3) is 0 Å². The standard InChI is InChI=1S/C16H30N4O/c1-4-15-14(16(5-2)19(3)18-15)11-17-10-13(21)12-20-8-6-7-9-20/h13,17,21H,4-12H2,1-3H3. The zero-order valence-electron chi connectivity index (χ0n) is 13.7. The van der Waals surface area contributed by atoms with Gasteiger partial charge in [-0.1, -0.05) is 13.8 Å². The Bertz CT molecular complexity index is 438. The molecule has 5 heteroatoms. The van der Waals surface area contributed by atoms with Crippen LogP contribution in [0.3, 0.4) is 0 Å². The SMILES string of the molecule is CCc1nn(C)c(CC)c1CNCC(O)CN1CCCC1. The molecule has 0 aromatic carbocycles. The first-order chi connectivity index (χ1) is 10.2. The maximum atomic E-state index is 10.1. The van der Waals surface area contributed by atoms with Crippen molar-refractivity contribution in [1.82, 2.24) is 20.0 Å². The van der Waals surface area contributed by atoms with E-state index in [4.69, 9.17) is 0 Å². The van der Waals surface area contributed by atoms with Gasteiger partial charge >= 0.3 is 0 Å². The summed E-state index contributed by atoms with van der Waals surface area (Å²) in [6, 6.07) is 0. The molecule has 2 rings (SSSR count). The Kier molecular flexibility index (Phi) is 6.21. The minimum Gasteiger partial charge on any atom is -0.390 e. The van der Waals surface area contributed by atoms with Crippen molar-refractivity contribution >= 4 is 0 Å². The predicted octanol–water partition coefficient (Wildman–Crippen LogP) is 1.09. The highest BCUT2D eigenvalue weighted by atomic mass is 16.3. The van der Waals surface area contributed by atoms with Crippen LogP contribution >= 0.6 is 0 Å². The number of aromatic nitrogens is 2. The molecule has 5 nitrogen and oxygen atoms in total. The summed E-state index contributed by atoms with van der Waals surface area (Å²) in [4.78, 5) is 2.35. The second kappa shape index (κ2) is 7.92. The van der Waals surface area contributed by atoms with Crippen LogP contribution in [0.1, 0.15) is 43.6 Å². The molecule has 1 aromatic rings. The largest absolute Gasteiger partial charge is 0.390 e. The van der Waals surface area contributed by atoms with Gasteiger partial charge in [-0.25, -0.2) is 0 Å². The van der Waals surface area contributed by atoms with E-state index in [9.17, 15) is 5.11 Å². The third kappa shape index (κ3) is 4.28. The Morgan fingerprint density at radius 3 is 2.57 bits per heavy atom. The van der Waals surface area contributed by atoms with E-state index in [0.29, 0.717) is 6.54 Å². The summed E-state index contributed by atoms with van der Waals surface area (Å²) < 4.78 is 2.00. The molecular formula is C16H30N4O. The minimum atomic E-state index is -0.282. The fourth-order valence-electron chi connectivity index (χ4n) is 3.29. The average molecular weight is 294 g/mol. The number of aliphatic hydroxyl groups excluding tert-OH is 1. The second-order valence-corrected chi connectivity index (χ2v) is 6.00. The van der Waals surface area contributed by atoms with E-state index >= 15 is 0 Å². The molecule has 1 aromatic heterocycles. The monoisotopic (exact) mass is 294 g/mol. The van der Waals surface area contributed by atoms with Crippen LogP contribution < -0.4 is 5.32 Å². The van der Waals surface area contributed by atoms with E-state index in [0.717, 1.165) is 39.0 Å². The van der Waals surface area contributed by atoms with Crippen LogP contribution in [-0.2, 0) is 26.4 Å². The lowest BCUT2D eigenvalue weighted by Crippen LogP contribution is -2.37. The van der Waals surface area contributed by atoms with Gasteiger partial charge in [-0.3, -0.25) is 4.68 Å². The molecule has 120 valence electrons. The second-order valence-electron chi connectivity index (χ2n) is 6.00. The third-order valence-electron chi connectivity index (χ3n) is 4.38. The van der Waals surface area contributed by atoms with Gasteiger partial charge in [-0.05, 0) is 38.8 Å². The van der Waals surface area contributed by atoms with Crippen LogP contribution in [0, 0.1) is 0 Å². The van der Waals surface area contributed by atoms with E-state index in [1.54, 1.807) is 0 Å². The van der Waals surface area contributed by atoms with Crippen molar-refractivity contribution in [2.75, 3.05) is 26.2 Å². The topological polar surface area (TPSA) is 53.3 Å². The zero-order chi connectivity index (χ0) is 15.2. The Balaban J connectivity index is 1.82. The number of rotatable bonds is 8. The summed E-state index contributed by atoms with van der Waals surface area (Å²) in [5.41, 5.74) is 3.79. The number of likely N-dealkylation sites (tertiary alicyclic amines) is 1. The molecule has 0 radical (unpaired) electrons. The highest BCUT2D eigenvalue weighted by molar-refractivity contribution is 5.26. The molecule has 0 amide bonds. The quantitative estimate of drug-likeness (QED) is 0.754. The number of nitrogens with zero attached hydrogens (tertiary/aromatic N) is 3. The minimum absolute atomic E-state index is 0.282. The lowest BCUT2D eigenvalue weighted by molar-refractivity contribution is 0.123. The third-order valence-corrected chi connectivity index (χ3v) is 4.38.